The maximum atomic E-state index is 12.1. The Hall–Kier alpha value is -2.09. The first-order valence-electron chi connectivity index (χ1n) is 8.15. The second kappa shape index (κ2) is 8.33. The Morgan fingerprint density at radius 1 is 1.20 bits per heavy atom. The molecule has 0 saturated carbocycles. The zero-order chi connectivity index (χ0) is 17.6. The van der Waals surface area contributed by atoms with Gasteiger partial charge in [-0.3, -0.25) is 9.59 Å². The molecule has 5 nitrogen and oxygen atoms in total. The molecule has 2 aromatic rings. The molecule has 1 aliphatic rings. The molecule has 0 aliphatic carbocycles. The van der Waals surface area contributed by atoms with E-state index in [4.69, 9.17) is 4.74 Å². The lowest BCUT2D eigenvalue weighted by Crippen LogP contribution is -2.24. The minimum absolute atomic E-state index is 0.0462. The molecule has 0 spiro atoms. The van der Waals surface area contributed by atoms with E-state index in [0.29, 0.717) is 24.4 Å². The summed E-state index contributed by atoms with van der Waals surface area (Å²) in [6, 6.07) is 15.1. The highest BCUT2D eigenvalue weighted by Gasteiger charge is 2.20. The number of carbonyl (C=O) groups excluding carboxylic acids is 2. The van der Waals surface area contributed by atoms with Crippen LogP contribution in [-0.2, 0) is 16.1 Å². The summed E-state index contributed by atoms with van der Waals surface area (Å²) in [6.45, 7) is 1.34. The van der Waals surface area contributed by atoms with Crippen LogP contribution in [0.3, 0.4) is 0 Å². The maximum absolute atomic E-state index is 12.1. The van der Waals surface area contributed by atoms with Crippen LogP contribution in [0.5, 0.6) is 5.75 Å². The number of carbonyl (C=O) groups is 2. The number of nitrogens with zero attached hydrogens (tertiary/aromatic N) is 1. The topological polar surface area (TPSA) is 58.6 Å². The molecule has 0 radical (unpaired) electrons. The van der Waals surface area contributed by atoms with Gasteiger partial charge in [0.1, 0.15) is 5.75 Å². The molecule has 1 fully saturated rings. The molecule has 25 heavy (non-hydrogen) atoms. The number of benzene rings is 2. The van der Waals surface area contributed by atoms with Gasteiger partial charge in [-0.25, -0.2) is 0 Å². The fraction of sp³-hybridized carbons (Fsp3) is 0.263. The van der Waals surface area contributed by atoms with Gasteiger partial charge in [0, 0.05) is 28.8 Å². The number of hydrogen-bond acceptors (Lipinski definition) is 3. The van der Waals surface area contributed by atoms with Gasteiger partial charge in [0.2, 0.25) is 5.91 Å². The second-order valence-electron chi connectivity index (χ2n) is 5.91. The Morgan fingerprint density at radius 2 is 2.00 bits per heavy atom. The van der Waals surface area contributed by atoms with E-state index in [1.165, 1.54) is 0 Å². The quantitative estimate of drug-likeness (QED) is 0.687. The first kappa shape index (κ1) is 17.7. The van der Waals surface area contributed by atoms with Gasteiger partial charge in [0.05, 0.1) is 0 Å². The van der Waals surface area contributed by atoms with Crippen LogP contribution in [0.25, 0.3) is 0 Å². The summed E-state index contributed by atoms with van der Waals surface area (Å²) in [4.78, 5) is 25.6. The van der Waals surface area contributed by atoms with Crippen LogP contribution in [0.4, 0.5) is 5.69 Å². The molecule has 1 saturated heterocycles. The Balaban J connectivity index is 1.53. The maximum Gasteiger partial charge on any atom is 0.262 e. The number of nitrogens with one attached hydrogen (secondary N) is 1. The number of rotatable bonds is 6. The molecule has 0 atom stereocenters. The number of ether oxygens (including phenoxy) is 1. The molecule has 130 valence electrons. The highest BCUT2D eigenvalue weighted by atomic mass is 127. The van der Waals surface area contributed by atoms with Gasteiger partial charge in [-0.2, -0.15) is 0 Å². The van der Waals surface area contributed by atoms with Crippen molar-refractivity contribution in [3.8, 4) is 5.75 Å². The molecule has 0 unspecified atom stereocenters. The van der Waals surface area contributed by atoms with E-state index in [1.807, 2.05) is 53.4 Å². The first-order chi connectivity index (χ1) is 12.1. The summed E-state index contributed by atoms with van der Waals surface area (Å²) in [6.07, 6.45) is 1.55. The van der Waals surface area contributed by atoms with Crippen LogP contribution in [0.1, 0.15) is 18.4 Å². The summed E-state index contributed by atoms with van der Waals surface area (Å²) >= 11 is 2.22. The van der Waals surface area contributed by atoms with Gasteiger partial charge in [-0.15, -0.1) is 0 Å². The molecular formula is C19H19IN2O3. The molecule has 0 bridgehead atoms. The lowest BCUT2D eigenvalue weighted by atomic mass is 10.2. The van der Waals surface area contributed by atoms with Gasteiger partial charge in [0.25, 0.3) is 5.91 Å². The van der Waals surface area contributed by atoms with Gasteiger partial charge < -0.3 is 15.0 Å². The van der Waals surface area contributed by atoms with Crippen LogP contribution in [0.15, 0.2) is 48.5 Å². The van der Waals surface area contributed by atoms with Crippen molar-refractivity contribution in [1.82, 2.24) is 4.90 Å². The molecule has 0 aromatic heterocycles. The zero-order valence-corrected chi connectivity index (χ0v) is 15.9. The van der Waals surface area contributed by atoms with Crippen LogP contribution in [0, 0.1) is 3.57 Å². The average molecular weight is 450 g/mol. The summed E-state index contributed by atoms with van der Waals surface area (Å²) in [5, 5.41) is 2.83. The lowest BCUT2D eigenvalue weighted by Gasteiger charge is -2.16. The van der Waals surface area contributed by atoms with Crippen molar-refractivity contribution in [2.75, 3.05) is 18.5 Å². The predicted octanol–water partition coefficient (Wildman–Crippen LogP) is 3.43. The highest BCUT2D eigenvalue weighted by molar-refractivity contribution is 14.1. The molecule has 2 amide bonds. The van der Waals surface area contributed by atoms with Gasteiger partial charge in [0.15, 0.2) is 6.61 Å². The molecule has 1 heterocycles. The van der Waals surface area contributed by atoms with E-state index in [1.54, 1.807) is 0 Å². The summed E-state index contributed by atoms with van der Waals surface area (Å²) in [7, 11) is 0. The van der Waals surface area contributed by atoms with E-state index in [9.17, 15) is 9.59 Å². The van der Waals surface area contributed by atoms with Crippen LogP contribution >= 0.6 is 22.6 Å². The third-order valence-electron chi connectivity index (χ3n) is 3.94. The SMILES string of the molecule is O=C(COc1ccc(I)cc1)Nc1cccc(CN2CCCC2=O)c1. The van der Waals surface area contributed by atoms with Crippen molar-refractivity contribution in [3.05, 3.63) is 57.7 Å². The minimum Gasteiger partial charge on any atom is -0.484 e. The number of hydrogen-bond donors (Lipinski definition) is 1. The summed E-state index contributed by atoms with van der Waals surface area (Å²) < 4.78 is 6.59. The minimum atomic E-state index is -0.215. The van der Waals surface area contributed by atoms with Gasteiger partial charge >= 0.3 is 0 Å². The van der Waals surface area contributed by atoms with Gasteiger partial charge in [-0.05, 0) is 71.0 Å². The smallest absolute Gasteiger partial charge is 0.262 e. The predicted molar refractivity (Wildman–Crippen MR) is 104 cm³/mol. The average Bonchev–Trinajstić information content (AvgIpc) is 2.99. The lowest BCUT2D eigenvalue weighted by molar-refractivity contribution is -0.128. The van der Waals surface area contributed by atoms with E-state index in [-0.39, 0.29) is 18.4 Å². The van der Waals surface area contributed by atoms with E-state index >= 15 is 0 Å². The highest BCUT2D eigenvalue weighted by Crippen LogP contribution is 2.17. The van der Waals surface area contributed by atoms with Crippen molar-refractivity contribution in [2.24, 2.45) is 0 Å². The Labute approximate surface area is 160 Å². The number of likely N-dealkylation sites (tertiary alicyclic amines) is 1. The van der Waals surface area contributed by atoms with Gasteiger partial charge in [-0.1, -0.05) is 12.1 Å². The fourth-order valence-electron chi connectivity index (χ4n) is 2.72. The summed E-state index contributed by atoms with van der Waals surface area (Å²) in [5.41, 5.74) is 1.71. The van der Waals surface area contributed by atoms with E-state index < -0.39 is 0 Å². The molecule has 1 N–H and O–H groups in total. The Kier molecular flexibility index (Phi) is 5.91. The summed E-state index contributed by atoms with van der Waals surface area (Å²) in [5.74, 6) is 0.644. The van der Waals surface area contributed by atoms with E-state index in [2.05, 4.69) is 27.9 Å². The molecular weight excluding hydrogens is 431 g/mol. The third kappa shape index (κ3) is 5.19. The molecule has 6 heteroatoms. The van der Waals surface area contributed by atoms with Crippen molar-refractivity contribution < 1.29 is 14.3 Å². The van der Waals surface area contributed by atoms with Crippen molar-refractivity contribution in [3.63, 3.8) is 0 Å². The Bertz CT molecular complexity index is 762. The van der Waals surface area contributed by atoms with Crippen molar-refractivity contribution in [1.29, 1.82) is 0 Å². The normalized spacial score (nSPS) is 13.8. The zero-order valence-electron chi connectivity index (χ0n) is 13.7. The monoisotopic (exact) mass is 450 g/mol. The van der Waals surface area contributed by atoms with Crippen LogP contribution < -0.4 is 10.1 Å². The third-order valence-corrected chi connectivity index (χ3v) is 4.66. The number of halogens is 1. The van der Waals surface area contributed by atoms with Crippen LogP contribution in [0.2, 0.25) is 0 Å². The number of anilines is 1. The fourth-order valence-corrected chi connectivity index (χ4v) is 3.08. The molecule has 1 aliphatic heterocycles. The molecule has 3 rings (SSSR count). The van der Waals surface area contributed by atoms with E-state index in [0.717, 1.165) is 22.1 Å². The first-order valence-corrected chi connectivity index (χ1v) is 9.23. The largest absolute Gasteiger partial charge is 0.484 e. The van der Waals surface area contributed by atoms with Crippen LogP contribution in [-0.4, -0.2) is 29.9 Å². The molecule has 2 aromatic carbocycles. The van der Waals surface area contributed by atoms with Crippen molar-refractivity contribution in [2.45, 2.75) is 19.4 Å². The Morgan fingerprint density at radius 3 is 2.72 bits per heavy atom. The standard InChI is InChI=1S/C19H19IN2O3/c20-15-6-8-17(9-7-15)25-13-18(23)21-16-4-1-3-14(11-16)12-22-10-2-5-19(22)24/h1,3-4,6-9,11H,2,5,10,12-13H2,(H,21,23). The number of amides is 2. The van der Waals surface area contributed by atoms with Crippen molar-refractivity contribution >= 4 is 40.1 Å². The second-order valence-corrected chi connectivity index (χ2v) is 7.16.